The van der Waals surface area contributed by atoms with Crippen molar-refractivity contribution in [1.82, 2.24) is 9.78 Å². The first kappa shape index (κ1) is 14.7. The summed E-state index contributed by atoms with van der Waals surface area (Å²) < 4.78 is 26.6. The van der Waals surface area contributed by atoms with E-state index in [-0.39, 0.29) is 28.0 Å². The van der Waals surface area contributed by atoms with Gasteiger partial charge in [0.05, 0.1) is 10.8 Å². The van der Waals surface area contributed by atoms with E-state index in [1.807, 2.05) is 0 Å². The largest absolute Gasteiger partial charge is 0.294 e. The van der Waals surface area contributed by atoms with E-state index in [9.17, 15) is 18.9 Å². The first-order valence-electron chi connectivity index (χ1n) is 5.32. The second-order valence-corrected chi connectivity index (χ2v) is 4.37. The van der Waals surface area contributed by atoms with Gasteiger partial charge >= 0.3 is 0 Å². The Morgan fingerprint density at radius 3 is 2.55 bits per heavy atom. The normalized spacial score (nSPS) is 11.1. The van der Waals surface area contributed by atoms with Crippen molar-refractivity contribution in [3.8, 4) is 5.69 Å². The molecule has 0 bridgehead atoms. The van der Waals surface area contributed by atoms with Crippen molar-refractivity contribution in [2.24, 2.45) is 0 Å². The second-order valence-electron chi connectivity index (χ2n) is 3.75. The van der Waals surface area contributed by atoms with Crippen molar-refractivity contribution in [3.05, 3.63) is 50.8 Å². The Hall–Kier alpha value is -1.73. The molecule has 0 aliphatic rings. The second kappa shape index (κ2) is 5.72. The molecule has 0 radical (unpaired) electrons. The van der Waals surface area contributed by atoms with Gasteiger partial charge in [-0.15, -0.1) is 11.6 Å². The van der Waals surface area contributed by atoms with Gasteiger partial charge in [0.2, 0.25) is 0 Å². The SMILES string of the molecule is O=[N+]([O-])c1ccccc1-n1nc(C(F)F)c(CCl)c1Cl. The number of alkyl halides is 3. The Labute approximate surface area is 121 Å². The van der Waals surface area contributed by atoms with E-state index in [0.29, 0.717) is 0 Å². The number of aromatic nitrogens is 2. The summed E-state index contributed by atoms with van der Waals surface area (Å²) in [5.74, 6) is -0.265. The lowest BCUT2D eigenvalue weighted by molar-refractivity contribution is -0.384. The summed E-state index contributed by atoms with van der Waals surface area (Å²) in [5, 5.41) is 14.4. The average Bonchev–Trinajstić information content (AvgIpc) is 2.75. The third kappa shape index (κ3) is 2.46. The molecule has 0 N–H and O–H groups in total. The van der Waals surface area contributed by atoms with E-state index in [2.05, 4.69) is 5.10 Å². The summed E-state index contributed by atoms with van der Waals surface area (Å²) in [6.45, 7) is 0. The molecular weight excluding hydrogens is 315 g/mol. The fraction of sp³-hybridized carbons (Fsp3) is 0.182. The standard InChI is InChI=1S/C11H7Cl2F2N3O2/c12-5-6-9(11(14)15)16-17(10(6)13)7-3-1-2-4-8(7)18(19)20/h1-4,11H,5H2. The summed E-state index contributed by atoms with van der Waals surface area (Å²) in [7, 11) is 0. The van der Waals surface area contributed by atoms with Crippen LogP contribution in [0, 0.1) is 10.1 Å². The number of rotatable bonds is 4. The summed E-state index contributed by atoms with van der Waals surface area (Å²) in [6, 6.07) is 5.57. The van der Waals surface area contributed by atoms with Gasteiger partial charge < -0.3 is 0 Å². The molecule has 1 aromatic heterocycles. The van der Waals surface area contributed by atoms with Gasteiger partial charge in [-0.1, -0.05) is 23.7 Å². The highest BCUT2D eigenvalue weighted by atomic mass is 35.5. The van der Waals surface area contributed by atoms with Crippen LogP contribution in [0.1, 0.15) is 17.7 Å². The molecule has 5 nitrogen and oxygen atoms in total. The zero-order valence-corrected chi connectivity index (χ0v) is 11.3. The maximum Gasteiger partial charge on any atom is 0.294 e. The molecule has 9 heteroatoms. The van der Waals surface area contributed by atoms with Crippen LogP contribution in [0.15, 0.2) is 24.3 Å². The van der Waals surface area contributed by atoms with E-state index in [1.54, 1.807) is 0 Å². The van der Waals surface area contributed by atoms with E-state index >= 15 is 0 Å². The third-order valence-corrected chi connectivity index (χ3v) is 3.25. The van der Waals surface area contributed by atoms with Gasteiger partial charge in [-0.05, 0) is 6.07 Å². The molecule has 2 aromatic rings. The van der Waals surface area contributed by atoms with Gasteiger partial charge in [0, 0.05) is 11.6 Å². The van der Waals surface area contributed by atoms with Crippen LogP contribution in [-0.4, -0.2) is 14.7 Å². The van der Waals surface area contributed by atoms with Gasteiger partial charge in [-0.2, -0.15) is 5.10 Å². The molecule has 20 heavy (non-hydrogen) atoms. The molecule has 0 amide bonds. The minimum atomic E-state index is -2.87. The zero-order chi connectivity index (χ0) is 14.9. The number of para-hydroxylation sites is 2. The Morgan fingerprint density at radius 1 is 1.40 bits per heavy atom. The lowest BCUT2D eigenvalue weighted by Gasteiger charge is -2.03. The van der Waals surface area contributed by atoms with Gasteiger partial charge in [0.15, 0.2) is 0 Å². The fourth-order valence-corrected chi connectivity index (χ4v) is 2.33. The minimum absolute atomic E-state index is 0.000710. The highest BCUT2D eigenvalue weighted by Crippen LogP contribution is 2.33. The van der Waals surface area contributed by atoms with Crippen LogP contribution in [0.4, 0.5) is 14.5 Å². The number of hydrogen-bond donors (Lipinski definition) is 0. The van der Waals surface area contributed by atoms with E-state index in [1.165, 1.54) is 24.3 Å². The lowest BCUT2D eigenvalue weighted by Crippen LogP contribution is -2.02. The summed E-state index contributed by atoms with van der Waals surface area (Å²) in [6.07, 6.45) is -2.87. The molecule has 0 aliphatic heterocycles. The van der Waals surface area contributed by atoms with Crippen molar-refractivity contribution in [1.29, 1.82) is 0 Å². The molecule has 0 spiro atoms. The Balaban J connectivity index is 2.68. The average molecular weight is 322 g/mol. The maximum absolute atomic E-state index is 12.9. The van der Waals surface area contributed by atoms with E-state index in [4.69, 9.17) is 23.2 Å². The van der Waals surface area contributed by atoms with Gasteiger partial charge in [-0.25, -0.2) is 13.5 Å². The molecule has 0 saturated heterocycles. The number of hydrogen-bond acceptors (Lipinski definition) is 3. The van der Waals surface area contributed by atoms with Crippen molar-refractivity contribution >= 4 is 28.9 Å². The van der Waals surface area contributed by atoms with E-state index in [0.717, 1.165) is 4.68 Å². The summed E-state index contributed by atoms with van der Waals surface area (Å²) in [4.78, 5) is 10.3. The van der Waals surface area contributed by atoms with Crippen LogP contribution >= 0.6 is 23.2 Å². The zero-order valence-electron chi connectivity index (χ0n) is 9.76. The van der Waals surface area contributed by atoms with Crippen LogP contribution < -0.4 is 0 Å². The Morgan fingerprint density at radius 2 is 2.05 bits per heavy atom. The molecule has 0 atom stereocenters. The molecule has 0 unspecified atom stereocenters. The predicted molar refractivity (Wildman–Crippen MR) is 69.7 cm³/mol. The topological polar surface area (TPSA) is 61.0 Å². The molecule has 0 saturated carbocycles. The minimum Gasteiger partial charge on any atom is -0.258 e. The van der Waals surface area contributed by atoms with Crippen molar-refractivity contribution < 1.29 is 13.7 Å². The van der Waals surface area contributed by atoms with Gasteiger partial charge in [-0.3, -0.25) is 10.1 Å². The molecule has 0 aliphatic carbocycles. The number of halogens is 4. The Bertz CT molecular complexity index is 661. The van der Waals surface area contributed by atoms with Crippen LogP contribution in [0.3, 0.4) is 0 Å². The first-order valence-corrected chi connectivity index (χ1v) is 6.23. The highest BCUT2D eigenvalue weighted by Gasteiger charge is 2.26. The first-order chi connectivity index (χ1) is 9.47. The quantitative estimate of drug-likeness (QED) is 0.483. The van der Waals surface area contributed by atoms with Crippen LogP contribution in [0.5, 0.6) is 0 Å². The van der Waals surface area contributed by atoms with Crippen molar-refractivity contribution in [2.45, 2.75) is 12.3 Å². The monoisotopic (exact) mass is 321 g/mol. The Kier molecular flexibility index (Phi) is 4.20. The van der Waals surface area contributed by atoms with Crippen LogP contribution in [-0.2, 0) is 5.88 Å². The molecular formula is C11H7Cl2F2N3O2. The molecule has 0 fully saturated rings. The molecule has 106 valence electrons. The fourth-order valence-electron chi connectivity index (χ4n) is 1.70. The number of nitro groups is 1. The molecule has 1 aromatic carbocycles. The van der Waals surface area contributed by atoms with Crippen molar-refractivity contribution in [2.75, 3.05) is 0 Å². The highest BCUT2D eigenvalue weighted by molar-refractivity contribution is 6.31. The van der Waals surface area contributed by atoms with Crippen molar-refractivity contribution in [3.63, 3.8) is 0 Å². The number of benzene rings is 1. The molecule has 1 heterocycles. The van der Waals surface area contributed by atoms with Gasteiger partial charge in [0.1, 0.15) is 16.5 Å². The van der Waals surface area contributed by atoms with Crippen LogP contribution in [0.25, 0.3) is 5.69 Å². The van der Waals surface area contributed by atoms with E-state index < -0.39 is 17.0 Å². The summed E-state index contributed by atoms with van der Waals surface area (Å²) >= 11 is 11.5. The number of nitro benzene ring substituents is 1. The number of nitrogens with zero attached hydrogens (tertiary/aromatic N) is 3. The smallest absolute Gasteiger partial charge is 0.258 e. The lowest BCUT2D eigenvalue weighted by atomic mass is 10.2. The summed E-state index contributed by atoms with van der Waals surface area (Å²) in [5.41, 5.74) is -0.913. The van der Waals surface area contributed by atoms with Gasteiger partial charge in [0.25, 0.3) is 12.1 Å². The predicted octanol–water partition coefficient (Wildman–Crippen LogP) is 4.11. The third-order valence-electron chi connectivity index (χ3n) is 2.60. The molecule has 2 rings (SSSR count). The maximum atomic E-state index is 12.9. The van der Waals surface area contributed by atoms with Crippen LogP contribution in [0.2, 0.25) is 5.15 Å².